The van der Waals surface area contributed by atoms with E-state index in [2.05, 4.69) is 14.7 Å². The maximum atomic E-state index is 13.7. The summed E-state index contributed by atoms with van der Waals surface area (Å²) in [5.41, 5.74) is 0.204. The third-order valence-electron chi connectivity index (χ3n) is 3.09. The molecule has 3 N–H and O–H groups in total. The lowest BCUT2D eigenvalue weighted by Crippen LogP contribution is -2.28. The zero-order chi connectivity index (χ0) is 15.6. The fraction of sp³-hybridized carbons (Fsp3) is 0.308. The van der Waals surface area contributed by atoms with Gasteiger partial charge >= 0.3 is 0 Å². The molecule has 0 amide bonds. The van der Waals surface area contributed by atoms with E-state index in [9.17, 15) is 12.8 Å². The van der Waals surface area contributed by atoms with Crippen LogP contribution in [0.1, 0.15) is 29.9 Å². The van der Waals surface area contributed by atoms with Gasteiger partial charge in [-0.25, -0.2) is 22.5 Å². The molecule has 1 heterocycles. The van der Waals surface area contributed by atoms with Crippen molar-refractivity contribution in [3.63, 3.8) is 0 Å². The predicted octanol–water partition coefficient (Wildman–Crippen LogP) is 1.39. The topological polar surface area (TPSA) is 95.1 Å². The smallest absolute Gasteiger partial charge is 0.241 e. The van der Waals surface area contributed by atoms with Gasteiger partial charge in [-0.1, -0.05) is 0 Å². The van der Waals surface area contributed by atoms with Crippen LogP contribution in [0.5, 0.6) is 0 Å². The van der Waals surface area contributed by atoms with E-state index < -0.39 is 28.5 Å². The molecule has 2 rings (SSSR count). The second-order valence-corrected chi connectivity index (χ2v) is 6.36. The average Bonchev–Trinajstić information content (AvgIpc) is 2.95. The number of imidazole rings is 1. The highest BCUT2D eigenvalue weighted by atomic mass is 32.2. The van der Waals surface area contributed by atoms with Crippen LogP contribution in [-0.4, -0.2) is 23.5 Å². The number of aromatic nitrogens is 2. The van der Waals surface area contributed by atoms with Crippen molar-refractivity contribution in [1.29, 1.82) is 0 Å². The van der Waals surface area contributed by atoms with E-state index in [1.807, 2.05) is 0 Å². The molecule has 1 atom stereocenters. The maximum Gasteiger partial charge on any atom is 0.241 e. The minimum absolute atomic E-state index is 0.00587. The summed E-state index contributed by atoms with van der Waals surface area (Å²) in [6.45, 7) is 2.56. The largest absolute Gasteiger partial charge is 0.392 e. The molecule has 0 fully saturated rings. The van der Waals surface area contributed by atoms with Crippen molar-refractivity contribution in [2.24, 2.45) is 0 Å². The average molecular weight is 313 g/mol. The van der Waals surface area contributed by atoms with Crippen molar-refractivity contribution >= 4 is 10.0 Å². The van der Waals surface area contributed by atoms with E-state index in [4.69, 9.17) is 5.11 Å². The highest BCUT2D eigenvalue weighted by Crippen LogP contribution is 2.22. The van der Waals surface area contributed by atoms with Crippen LogP contribution in [0.3, 0.4) is 0 Å². The molecule has 1 aromatic carbocycles. The summed E-state index contributed by atoms with van der Waals surface area (Å²) in [5.74, 6) is -0.220. The molecule has 1 aromatic heterocycles. The molecular weight excluding hydrogens is 297 g/mol. The fourth-order valence-corrected chi connectivity index (χ4v) is 3.45. The number of hydrogen-bond donors (Lipinski definition) is 3. The van der Waals surface area contributed by atoms with Crippen LogP contribution in [0.4, 0.5) is 4.39 Å². The molecule has 0 aliphatic heterocycles. The lowest BCUT2D eigenvalue weighted by molar-refractivity contribution is 0.281. The molecule has 0 saturated carbocycles. The van der Waals surface area contributed by atoms with Crippen LogP contribution in [0.25, 0.3) is 0 Å². The SMILES string of the molecule is Cc1c(F)cc(CO)cc1S(=O)(=O)NC(C)c1ncc[nH]1. The molecule has 8 heteroatoms. The number of nitrogens with one attached hydrogen (secondary N) is 2. The summed E-state index contributed by atoms with van der Waals surface area (Å²) < 4.78 is 40.9. The number of hydrogen-bond acceptors (Lipinski definition) is 4. The second kappa shape index (κ2) is 5.92. The summed E-state index contributed by atoms with van der Waals surface area (Å²) in [7, 11) is -3.93. The number of aromatic amines is 1. The molecular formula is C13H16FN3O3S. The summed E-state index contributed by atoms with van der Waals surface area (Å²) in [6, 6.07) is 1.78. The van der Waals surface area contributed by atoms with Crippen molar-refractivity contribution in [3.05, 3.63) is 47.3 Å². The Morgan fingerprint density at radius 2 is 2.19 bits per heavy atom. The van der Waals surface area contributed by atoms with Gasteiger partial charge in [0, 0.05) is 18.0 Å². The molecule has 0 aliphatic carbocycles. The van der Waals surface area contributed by atoms with Crippen LogP contribution in [0.2, 0.25) is 0 Å². The Balaban J connectivity index is 2.38. The summed E-state index contributed by atoms with van der Waals surface area (Å²) in [5, 5.41) is 9.08. The van der Waals surface area contributed by atoms with Crippen LogP contribution in [0, 0.1) is 12.7 Å². The van der Waals surface area contributed by atoms with E-state index in [-0.39, 0.29) is 16.0 Å². The number of aliphatic hydroxyl groups excluding tert-OH is 1. The van der Waals surface area contributed by atoms with Gasteiger partial charge in [0.2, 0.25) is 10.0 Å². The number of rotatable bonds is 5. The second-order valence-electron chi connectivity index (χ2n) is 4.68. The number of halogens is 1. The number of sulfonamides is 1. The van der Waals surface area contributed by atoms with Gasteiger partial charge in [-0.2, -0.15) is 0 Å². The Labute approximate surface area is 122 Å². The Morgan fingerprint density at radius 3 is 2.76 bits per heavy atom. The van der Waals surface area contributed by atoms with Crippen molar-refractivity contribution in [1.82, 2.24) is 14.7 Å². The molecule has 0 aliphatic rings. The van der Waals surface area contributed by atoms with Crippen LogP contribution < -0.4 is 4.72 Å². The molecule has 0 saturated heterocycles. The first kappa shape index (κ1) is 15.6. The fourth-order valence-electron chi connectivity index (χ4n) is 1.94. The van der Waals surface area contributed by atoms with E-state index >= 15 is 0 Å². The van der Waals surface area contributed by atoms with E-state index in [0.717, 1.165) is 6.07 Å². The van der Waals surface area contributed by atoms with Gasteiger partial charge in [0.25, 0.3) is 0 Å². The zero-order valence-corrected chi connectivity index (χ0v) is 12.4. The third-order valence-corrected chi connectivity index (χ3v) is 4.76. The maximum absolute atomic E-state index is 13.7. The highest BCUT2D eigenvalue weighted by Gasteiger charge is 2.23. The van der Waals surface area contributed by atoms with Gasteiger partial charge in [-0.3, -0.25) is 0 Å². The Bertz CT molecular complexity index is 729. The lowest BCUT2D eigenvalue weighted by atomic mass is 10.1. The number of nitrogens with zero attached hydrogens (tertiary/aromatic N) is 1. The van der Waals surface area contributed by atoms with Crippen molar-refractivity contribution in [2.75, 3.05) is 0 Å². The minimum Gasteiger partial charge on any atom is -0.392 e. The molecule has 0 radical (unpaired) electrons. The number of H-pyrrole nitrogens is 1. The molecule has 0 bridgehead atoms. The Kier molecular flexibility index (Phi) is 4.40. The van der Waals surface area contributed by atoms with Crippen molar-refractivity contribution < 1.29 is 17.9 Å². The summed E-state index contributed by atoms with van der Waals surface area (Å²) in [4.78, 5) is 6.59. The van der Waals surface area contributed by atoms with Gasteiger partial charge in [0.1, 0.15) is 11.6 Å². The minimum atomic E-state index is -3.93. The standard InChI is InChI=1S/C13H16FN3O3S/c1-8-11(14)5-10(7-18)6-12(8)21(19,20)17-9(2)13-15-3-4-16-13/h3-6,9,17-18H,7H2,1-2H3,(H,15,16). The first-order valence-corrected chi connectivity index (χ1v) is 7.75. The number of benzene rings is 1. The molecule has 114 valence electrons. The van der Waals surface area contributed by atoms with Crippen LogP contribution >= 0.6 is 0 Å². The zero-order valence-electron chi connectivity index (χ0n) is 11.6. The normalized spacial score (nSPS) is 13.3. The van der Waals surface area contributed by atoms with Crippen molar-refractivity contribution in [3.8, 4) is 0 Å². The van der Waals surface area contributed by atoms with Gasteiger partial charge in [0.15, 0.2) is 0 Å². The van der Waals surface area contributed by atoms with Gasteiger partial charge < -0.3 is 10.1 Å². The Hall–Kier alpha value is -1.77. The monoisotopic (exact) mass is 313 g/mol. The lowest BCUT2D eigenvalue weighted by Gasteiger charge is -2.15. The first-order valence-electron chi connectivity index (χ1n) is 6.26. The molecule has 21 heavy (non-hydrogen) atoms. The first-order chi connectivity index (χ1) is 9.85. The van der Waals surface area contributed by atoms with Gasteiger partial charge in [0.05, 0.1) is 17.5 Å². The van der Waals surface area contributed by atoms with Crippen LogP contribution in [-0.2, 0) is 16.6 Å². The van der Waals surface area contributed by atoms with Gasteiger partial charge in [-0.15, -0.1) is 0 Å². The van der Waals surface area contributed by atoms with E-state index in [1.165, 1.54) is 19.2 Å². The molecule has 2 aromatic rings. The van der Waals surface area contributed by atoms with E-state index in [0.29, 0.717) is 5.82 Å². The Morgan fingerprint density at radius 1 is 1.48 bits per heavy atom. The predicted molar refractivity (Wildman–Crippen MR) is 74.4 cm³/mol. The van der Waals surface area contributed by atoms with E-state index in [1.54, 1.807) is 13.1 Å². The summed E-state index contributed by atoms with van der Waals surface area (Å²) >= 11 is 0. The van der Waals surface area contributed by atoms with Gasteiger partial charge in [-0.05, 0) is 31.5 Å². The molecule has 1 unspecified atom stereocenters. The summed E-state index contributed by atoms with van der Waals surface area (Å²) in [6.07, 6.45) is 3.09. The highest BCUT2D eigenvalue weighted by molar-refractivity contribution is 7.89. The quantitative estimate of drug-likeness (QED) is 0.777. The van der Waals surface area contributed by atoms with Crippen LogP contribution in [0.15, 0.2) is 29.4 Å². The molecule has 6 nitrogen and oxygen atoms in total. The molecule has 0 spiro atoms. The third kappa shape index (κ3) is 3.29. The number of aliphatic hydroxyl groups is 1. The van der Waals surface area contributed by atoms with Crippen molar-refractivity contribution in [2.45, 2.75) is 31.4 Å².